The molecule has 2 heterocycles. The number of barbiturate groups is 1. The number of carbonyl (C=O) groups excluding carboxylic acids is 3. The Bertz CT molecular complexity index is 874. The minimum absolute atomic E-state index is 0.0248. The molecule has 1 aromatic carbocycles. The van der Waals surface area contributed by atoms with Crippen LogP contribution in [-0.4, -0.2) is 39.7 Å². The number of hydrazine groups is 1. The van der Waals surface area contributed by atoms with Gasteiger partial charge in [-0.05, 0) is 31.2 Å². The Morgan fingerprint density at radius 2 is 1.25 bits per heavy atom. The van der Waals surface area contributed by atoms with Gasteiger partial charge in [0.1, 0.15) is 5.57 Å². The van der Waals surface area contributed by atoms with E-state index in [4.69, 9.17) is 0 Å². The summed E-state index contributed by atoms with van der Waals surface area (Å²) in [5, 5.41) is 0. The summed E-state index contributed by atoms with van der Waals surface area (Å²) in [5.41, 5.74) is 8.19. The molecular weight excluding hydrogens is 404 g/mol. The van der Waals surface area contributed by atoms with E-state index in [0.29, 0.717) is 12.1 Å². The Labute approximate surface area is 189 Å². The molecule has 7 nitrogen and oxygen atoms in total. The number of urea groups is 1. The van der Waals surface area contributed by atoms with Gasteiger partial charge >= 0.3 is 6.03 Å². The molecule has 170 valence electrons. The average molecular weight is 437 g/mol. The summed E-state index contributed by atoms with van der Waals surface area (Å²) in [6.07, 6.45) is 10.1. The summed E-state index contributed by atoms with van der Waals surface area (Å²) < 4.78 is 0. The zero-order chi connectivity index (χ0) is 22.1. The van der Waals surface area contributed by atoms with Gasteiger partial charge in [0, 0.05) is 24.2 Å². The van der Waals surface area contributed by atoms with E-state index in [2.05, 4.69) is 10.9 Å². The van der Waals surface area contributed by atoms with Crippen LogP contribution in [-0.2, 0) is 9.59 Å². The van der Waals surface area contributed by atoms with E-state index >= 15 is 0 Å². The Morgan fingerprint density at radius 3 is 1.78 bits per heavy atom. The van der Waals surface area contributed by atoms with Gasteiger partial charge in [-0.25, -0.2) is 10.2 Å². The van der Waals surface area contributed by atoms with Crippen molar-refractivity contribution in [2.75, 3.05) is 0 Å². The van der Waals surface area contributed by atoms with Crippen molar-refractivity contribution in [3.05, 3.63) is 47.2 Å². The molecule has 32 heavy (non-hydrogen) atoms. The lowest BCUT2D eigenvalue weighted by Gasteiger charge is -2.43. The number of amides is 4. The SMILES string of the molecule is O=C1C(=C2CC(c3ccccc3)NN2)C(=O)N(C2CCCCC2)C(=O)N1C1CCCCC1. The number of carbonyl (C=O) groups is 3. The van der Waals surface area contributed by atoms with Gasteiger partial charge in [0.15, 0.2) is 0 Å². The van der Waals surface area contributed by atoms with Crippen LogP contribution in [0.4, 0.5) is 4.79 Å². The molecule has 4 amide bonds. The zero-order valence-corrected chi connectivity index (χ0v) is 18.5. The van der Waals surface area contributed by atoms with Crippen LogP contribution in [0.5, 0.6) is 0 Å². The molecule has 1 unspecified atom stereocenters. The topological polar surface area (TPSA) is 81.8 Å². The van der Waals surface area contributed by atoms with Gasteiger partial charge in [0.2, 0.25) is 0 Å². The van der Waals surface area contributed by atoms with Gasteiger partial charge in [-0.1, -0.05) is 68.9 Å². The molecule has 7 heteroatoms. The molecule has 0 bridgehead atoms. The molecule has 2 N–H and O–H groups in total. The van der Waals surface area contributed by atoms with Crippen molar-refractivity contribution in [3.8, 4) is 0 Å². The lowest BCUT2D eigenvalue weighted by atomic mass is 9.90. The maximum Gasteiger partial charge on any atom is 0.334 e. The molecule has 1 atom stereocenters. The van der Waals surface area contributed by atoms with Crippen LogP contribution in [0.15, 0.2) is 41.6 Å². The molecule has 4 aliphatic rings. The number of benzene rings is 1. The Balaban J connectivity index is 1.50. The van der Waals surface area contributed by atoms with E-state index < -0.39 is 17.8 Å². The highest BCUT2D eigenvalue weighted by Crippen LogP contribution is 2.35. The van der Waals surface area contributed by atoms with Crippen LogP contribution in [0.3, 0.4) is 0 Å². The van der Waals surface area contributed by atoms with E-state index in [1.54, 1.807) is 0 Å². The molecule has 0 spiro atoms. The van der Waals surface area contributed by atoms with Crippen molar-refractivity contribution in [2.24, 2.45) is 0 Å². The smallest absolute Gasteiger partial charge is 0.324 e. The van der Waals surface area contributed by atoms with Crippen LogP contribution in [0.25, 0.3) is 0 Å². The summed E-state index contributed by atoms with van der Waals surface area (Å²) in [6, 6.07) is 9.34. The molecule has 2 aliphatic carbocycles. The van der Waals surface area contributed by atoms with Crippen LogP contribution in [0.1, 0.15) is 82.2 Å². The second-order valence-corrected chi connectivity index (χ2v) is 9.51. The van der Waals surface area contributed by atoms with Crippen molar-refractivity contribution in [3.63, 3.8) is 0 Å². The van der Waals surface area contributed by atoms with Crippen molar-refractivity contribution in [1.29, 1.82) is 0 Å². The first-order valence-electron chi connectivity index (χ1n) is 12.2. The predicted octanol–water partition coefficient (Wildman–Crippen LogP) is 3.94. The zero-order valence-electron chi connectivity index (χ0n) is 18.5. The highest BCUT2D eigenvalue weighted by atomic mass is 16.2. The number of hydrogen-bond acceptors (Lipinski definition) is 5. The standard InChI is InChI=1S/C25H32N4O3/c30-23-22(21-16-20(26-27-21)17-10-4-1-5-11-17)24(31)29(19-14-8-3-9-15-19)25(32)28(23)18-12-6-2-7-13-18/h1,4-5,10-11,18-20,26-27H,2-3,6-9,12-16H2. The normalized spacial score (nSPS) is 26.1. The highest BCUT2D eigenvalue weighted by molar-refractivity contribution is 6.29. The van der Waals surface area contributed by atoms with Crippen LogP contribution in [0.2, 0.25) is 0 Å². The molecular formula is C25H32N4O3. The molecule has 2 saturated carbocycles. The third-order valence-electron chi connectivity index (χ3n) is 7.47. The van der Waals surface area contributed by atoms with Crippen molar-refractivity contribution in [2.45, 2.75) is 88.8 Å². The fourth-order valence-corrected chi connectivity index (χ4v) is 5.73. The number of nitrogens with one attached hydrogen (secondary N) is 2. The van der Waals surface area contributed by atoms with Gasteiger partial charge in [-0.3, -0.25) is 19.4 Å². The maximum absolute atomic E-state index is 13.6. The highest BCUT2D eigenvalue weighted by Gasteiger charge is 2.49. The van der Waals surface area contributed by atoms with E-state index in [9.17, 15) is 14.4 Å². The van der Waals surface area contributed by atoms with E-state index in [1.165, 1.54) is 9.80 Å². The van der Waals surface area contributed by atoms with Gasteiger partial charge in [-0.15, -0.1) is 0 Å². The average Bonchev–Trinajstić information content (AvgIpc) is 3.31. The Morgan fingerprint density at radius 1 is 0.719 bits per heavy atom. The van der Waals surface area contributed by atoms with Gasteiger partial charge in [0.05, 0.1) is 6.04 Å². The Kier molecular flexibility index (Phi) is 6.00. The number of nitrogens with zero attached hydrogens (tertiary/aromatic N) is 2. The summed E-state index contributed by atoms with van der Waals surface area (Å²) in [7, 11) is 0. The number of hydrogen-bond donors (Lipinski definition) is 2. The lowest BCUT2D eigenvalue weighted by molar-refractivity contribution is -0.139. The second kappa shape index (κ2) is 9.06. The summed E-state index contributed by atoms with van der Waals surface area (Å²) >= 11 is 0. The first-order chi connectivity index (χ1) is 15.6. The van der Waals surface area contributed by atoms with Gasteiger partial charge in [-0.2, -0.15) is 0 Å². The van der Waals surface area contributed by atoms with E-state index in [0.717, 1.165) is 69.8 Å². The largest absolute Gasteiger partial charge is 0.334 e. The summed E-state index contributed by atoms with van der Waals surface area (Å²) in [6.45, 7) is 0. The molecule has 4 fully saturated rings. The van der Waals surface area contributed by atoms with Crippen molar-refractivity contribution >= 4 is 17.8 Å². The fourth-order valence-electron chi connectivity index (χ4n) is 5.73. The molecule has 0 radical (unpaired) electrons. The monoisotopic (exact) mass is 436 g/mol. The van der Waals surface area contributed by atoms with Crippen molar-refractivity contribution in [1.82, 2.24) is 20.7 Å². The molecule has 0 aromatic heterocycles. The molecule has 2 aliphatic heterocycles. The van der Waals surface area contributed by atoms with Crippen LogP contribution >= 0.6 is 0 Å². The Hall–Kier alpha value is -2.67. The third kappa shape index (κ3) is 3.83. The summed E-state index contributed by atoms with van der Waals surface area (Å²) in [4.78, 5) is 43.7. The third-order valence-corrected chi connectivity index (χ3v) is 7.47. The van der Waals surface area contributed by atoms with Crippen LogP contribution in [0, 0.1) is 0 Å². The molecule has 5 rings (SSSR count). The van der Waals surface area contributed by atoms with Gasteiger partial charge in [0.25, 0.3) is 11.8 Å². The van der Waals surface area contributed by atoms with Gasteiger partial charge < -0.3 is 5.43 Å². The summed E-state index contributed by atoms with van der Waals surface area (Å²) in [5.74, 6) is -0.839. The number of rotatable bonds is 3. The second-order valence-electron chi connectivity index (χ2n) is 9.51. The van der Waals surface area contributed by atoms with E-state index in [1.807, 2.05) is 30.3 Å². The quantitative estimate of drug-likeness (QED) is 0.554. The van der Waals surface area contributed by atoms with Crippen LogP contribution < -0.4 is 10.9 Å². The van der Waals surface area contributed by atoms with Crippen molar-refractivity contribution < 1.29 is 14.4 Å². The minimum atomic E-state index is -0.419. The molecule has 1 aromatic rings. The first-order valence-corrected chi connectivity index (χ1v) is 12.2. The minimum Gasteiger partial charge on any atom is -0.324 e. The number of imide groups is 2. The lowest BCUT2D eigenvalue weighted by Crippen LogP contribution is -2.62. The maximum atomic E-state index is 13.6. The predicted molar refractivity (Wildman–Crippen MR) is 120 cm³/mol. The first kappa shape index (κ1) is 21.2. The van der Waals surface area contributed by atoms with E-state index in [-0.39, 0.29) is 23.7 Å². The molecule has 2 saturated heterocycles. The fraction of sp³-hybridized carbons (Fsp3) is 0.560.